The van der Waals surface area contributed by atoms with Crippen molar-refractivity contribution in [2.45, 2.75) is 30.2 Å². The van der Waals surface area contributed by atoms with Crippen molar-refractivity contribution in [1.29, 1.82) is 0 Å². The van der Waals surface area contributed by atoms with Gasteiger partial charge in [0.1, 0.15) is 11.5 Å². The molecule has 1 unspecified atom stereocenters. The molecule has 0 bridgehead atoms. The second kappa shape index (κ2) is 12.1. The predicted octanol–water partition coefficient (Wildman–Crippen LogP) is 2.62. The number of aliphatic hydroxyl groups is 1. The Morgan fingerprint density at radius 2 is 1.68 bits per heavy atom. The predicted molar refractivity (Wildman–Crippen MR) is 148 cm³/mol. The Hall–Kier alpha value is -3.25. The molecule has 10 nitrogen and oxygen atoms in total. The molecule has 2 aromatic rings. The maximum Gasteiger partial charge on any atom is 0.295 e. The van der Waals surface area contributed by atoms with Crippen LogP contribution >= 0.6 is 0 Å². The van der Waals surface area contributed by atoms with E-state index in [4.69, 9.17) is 9.47 Å². The third-order valence-electron chi connectivity index (χ3n) is 7.79. The lowest BCUT2D eigenvalue weighted by Gasteiger charge is -2.31. The molecule has 0 radical (unpaired) electrons. The average molecular weight is 570 g/mol. The van der Waals surface area contributed by atoms with Crippen molar-refractivity contribution in [3.8, 4) is 5.75 Å². The number of carbonyl (C=O) groups is 2. The fourth-order valence-electron chi connectivity index (χ4n) is 5.53. The van der Waals surface area contributed by atoms with Crippen molar-refractivity contribution in [3.63, 3.8) is 0 Å². The lowest BCUT2D eigenvalue weighted by molar-refractivity contribution is -0.140. The molecule has 1 atom stereocenters. The third kappa shape index (κ3) is 5.64. The zero-order chi connectivity index (χ0) is 28.3. The molecule has 214 valence electrons. The lowest BCUT2D eigenvalue weighted by Crippen LogP contribution is -2.42. The summed E-state index contributed by atoms with van der Waals surface area (Å²) in [6.07, 6.45) is 2.59. The van der Waals surface area contributed by atoms with Gasteiger partial charge in [0.25, 0.3) is 11.7 Å². The molecule has 5 rings (SSSR count). The van der Waals surface area contributed by atoms with Crippen LogP contribution in [-0.4, -0.2) is 98.9 Å². The fraction of sp³-hybridized carbons (Fsp3) is 0.448. The van der Waals surface area contributed by atoms with Gasteiger partial charge < -0.3 is 19.5 Å². The summed E-state index contributed by atoms with van der Waals surface area (Å²) in [4.78, 5) is 30.4. The van der Waals surface area contributed by atoms with Gasteiger partial charge in [0.15, 0.2) is 0 Å². The van der Waals surface area contributed by atoms with Gasteiger partial charge in [-0.05, 0) is 42.7 Å². The number of aliphatic hydroxyl groups excluding tert-OH is 1. The fourth-order valence-corrected chi connectivity index (χ4v) is 7.09. The normalized spacial score (nSPS) is 22.5. The Balaban J connectivity index is 1.53. The monoisotopic (exact) mass is 569 g/mol. The number of piperidine rings is 1. The van der Waals surface area contributed by atoms with Gasteiger partial charge in [-0.3, -0.25) is 14.5 Å². The minimum atomic E-state index is -3.76. The number of hydrogen-bond acceptors (Lipinski definition) is 8. The van der Waals surface area contributed by atoms with Crippen molar-refractivity contribution in [1.82, 2.24) is 14.1 Å². The standard InChI is InChI=1S/C29H35N3O7S/c1-38-23-10-8-21(9-11-23)26-25(28(34)29(35)32(26)15-14-30-16-18-39-19-17-30)27(33)22-6-5-7-24(20-22)40(36,37)31-12-3-2-4-13-31/h5-11,20,26,33H,2-4,12-19H2,1H3. The SMILES string of the molecule is COc1ccc(C2C(=C(O)c3cccc(S(=O)(=O)N4CCCCC4)c3)C(=O)C(=O)N2CCN2CCOCC2)cc1. The molecule has 0 aliphatic carbocycles. The van der Waals surface area contributed by atoms with Gasteiger partial charge in [-0.15, -0.1) is 0 Å². The molecule has 3 fully saturated rings. The highest BCUT2D eigenvalue weighted by Gasteiger charge is 2.46. The minimum absolute atomic E-state index is 0.0426. The van der Waals surface area contributed by atoms with Crippen LogP contribution in [0, 0.1) is 0 Å². The zero-order valence-corrected chi connectivity index (χ0v) is 23.4. The summed E-state index contributed by atoms with van der Waals surface area (Å²) in [5.41, 5.74) is 0.744. The summed E-state index contributed by atoms with van der Waals surface area (Å²) < 4.78 is 38.8. The van der Waals surface area contributed by atoms with E-state index < -0.39 is 33.5 Å². The summed E-state index contributed by atoms with van der Waals surface area (Å²) >= 11 is 0. The first-order valence-corrected chi connectivity index (χ1v) is 15.1. The number of benzene rings is 2. The minimum Gasteiger partial charge on any atom is -0.507 e. The highest BCUT2D eigenvalue weighted by Crippen LogP contribution is 2.40. The van der Waals surface area contributed by atoms with Crippen molar-refractivity contribution >= 4 is 27.5 Å². The summed E-state index contributed by atoms with van der Waals surface area (Å²) in [6.45, 7) is 4.40. The molecule has 0 saturated carbocycles. The second-order valence-corrected chi connectivity index (χ2v) is 12.2. The molecule has 1 N–H and O–H groups in total. The molecule has 1 amide bonds. The topological polar surface area (TPSA) is 117 Å². The van der Waals surface area contributed by atoms with E-state index in [9.17, 15) is 23.1 Å². The van der Waals surface area contributed by atoms with Crippen molar-refractivity contribution in [3.05, 3.63) is 65.2 Å². The van der Waals surface area contributed by atoms with E-state index in [0.717, 1.165) is 32.4 Å². The van der Waals surface area contributed by atoms with E-state index in [0.29, 0.717) is 44.2 Å². The van der Waals surface area contributed by atoms with E-state index in [1.165, 1.54) is 21.3 Å². The van der Waals surface area contributed by atoms with Crippen LogP contribution in [0.1, 0.15) is 36.4 Å². The highest BCUT2D eigenvalue weighted by atomic mass is 32.2. The number of Topliss-reactive ketones (excluding diaryl/α,β-unsaturated/α-hetero) is 1. The van der Waals surface area contributed by atoms with E-state index in [2.05, 4.69) is 4.90 Å². The average Bonchev–Trinajstić information content (AvgIpc) is 3.25. The number of hydrogen-bond donors (Lipinski definition) is 1. The molecule has 3 saturated heterocycles. The van der Waals surface area contributed by atoms with Gasteiger partial charge in [0.05, 0.1) is 36.8 Å². The Kier molecular flexibility index (Phi) is 8.55. The molecule has 11 heteroatoms. The Bertz CT molecular complexity index is 1380. The first-order valence-electron chi connectivity index (χ1n) is 13.6. The zero-order valence-electron chi connectivity index (χ0n) is 22.6. The number of morpholine rings is 1. The van der Waals surface area contributed by atoms with Gasteiger partial charge >= 0.3 is 0 Å². The Labute approximate surface area is 234 Å². The van der Waals surface area contributed by atoms with Crippen molar-refractivity contribution in [2.24, 2.45) is 0 Å². The first kappa shape index (κ1) is 28.3. The van der Waals surface area contributed by atoms with Gasteiger partial charge in [0.2, 0.25) is 10.0 Å². The van der Waals surface area contributed by atoms with Crippen LogP contribution in [0.5, 0.6) is 5.75 Å². The number of amides is 1. The number of sulfonamides is 1. The molecule has 3 heterocycles. The highest BCUT2D eigenvalue weighted by molar-refractivity contribution is 7.89. The maximum atomic E-state index is 13.4. The van der Waals surface area contributed by atoms with Gasteiger partial charge in [-0.2, -0.15) is 4.31 Å². The first-order chi connectivity index (χ1) is 19.3. The summed E-state index contributed by atoms with van der Waals surface area (Å²) in [5.74, 6) is -1.29. The van der Waals surface area contributed by atoms with Crippen LogP contribution in [0.15, 0.2) is 59.0 Å². The van der Waals surface area contributed by atoms with Crippen molar-refractivity contribution < 1.29 is 32.6 Å². The summed E-state index contributed by atoms with van der Waals surface area (Å²) in [5, 5.41) is 11.5. The van der Waals surface area contributed by atoms with Crippen LogP contribution in [0.4, 0.5) is 0 Å². The van der Waals surface area contributed by atoms with Gasteiger partial charge in [-0.1, -0.05) is 30.7 Å². The molecule has 0 spiro atoms. The van der Waals surface area contributed by atoms with E-state index in [-0.39, 0.29) is 22.6 Å². The largest absolute Gasteiger partial charge is 0.507 e. The molecule has 3 aliphatic heterocycles. The number of nitrogens with zero attached hydrogens (tertiary/aromatic N) is 3. The van der Waals surface area contributed by atoms with Gasteiger partial charge in [0, 0.05) is 44.8 Å². The van der Waals surface area contributed by atoms with E-state index in [1.54, 1.807) is 43.5 Å². The Morgan fingerprint density at radius 3 is 2.35 bits per heavy atom. The second-order valence-electron chi connectivity index (χ2n) is 10.2. The summed E-state index contributed by atoms with van der Waals surface area (Å²) in [7, 11) is -2.21. The molecular weight excluding hydrogens is 534 g/mol. The number of ether oxygens (including phenoxy) is 2. The molecule has 0 aromatic heterocycles. The molecule has 40 heavy (non-hydrogen) atoms. The number of carbonyl (C=O) groups excluding carboxylic acids is 2. The lowest BCUT2D eigenvalue weighted by atomic mass is 9.95. The summed E-state index contributed by atoms with van der Waals surface area (Å²) in [6, 6.07) is 12.1. The van der Waals surface area contributed by atoms with E-state index >= 15 is 0 Å². The van der Waals surface area contributed by atoms with Crippen LogP contribution in [0.2, 0.25) is 0 Å². The molecule has 2 aromatic carbocycles. The molecular formula is C29H35N3O7S. The van der Waals surface area contributed by atoms with Crippen LogP contribution in [0.25, 0.3) is 5.76 Å². The van der Waals surface area contributed by atoms with Crippen LogP contribution in [-0.2, 0) is 24.3 Å². The third-order valence-corrected chi connectivity index (χ3v) is 9.69. The smallest absolute Gasteiger partial charge is 0.295 e. The number of methoxy groups -OCH3 is 1. The molecule has 3 aliphatic rings. The number of likely N-dealkylation sites (tertiary alicyclic amines) is 1. The Morgan fingerprint density at radius 1 is 0.975 bits per heavy atom. The number of ketones is 1. The van der Waals surface area contributed by atoms with Crippen molar-refractivity contribution in [2.75, 3.05) is 59.6 Å². The van der Waals surface area contributed by atoms with Crippen LogP contribution in [0.3, 0.4) is 0 Å². The van der Waals surface area contributed by atoms with Gasteiger partial charge in [-0.25, -0.2) is 8.42 Å². The maximum absolute atomic E-state index is 13.4. The quantitative estimate of drug-likeness (QED) is 0.293. The van der Waals surface area contributed by atoms with Crippen LogP contribution < -0.4 is 4.74 Å². The van der Waals surface area contributed by atoms with E-state index in [1.807, 2.05) is 0 Å². The number of rotatable bonds is 8.